The van der Waals surface area contributed by atoms with Crippen molar-refractivity contribution in [1.82, 2.24) is 4.98 Å². The minimum absolute atomic E-state index is 0.618. The Morgan fingerprint density at radius 2 is 1.94 bits per heavy atom. The average Bonchev–Trinajstić information content (AvgIpc) is 2.32. The van der Waals surface area contributed by atoms with Gasteiger partial charge in [-0.25, -0.2) is 4.98 Å². The number of nitrogens with zero attached hydrogens (tertiary/aromatic N) is 1. The number of rotatable bonds is 0. The molecule has 0 saturated carbocycles. The first-order valence-corrected chi connectivity index (χ1v) is 5.95. The number of nitrogen functional groups attached to an aromatic ring is 1. The van der Waals surface area contributed by atoms with Crippen molar-refractivity contribution in [2.24, 2.45) is 0 Å². The summed E-state index contributed by atoms with van der Waals surface area (Å²) < 4.78 is 0. The lowest BCUT2D eigenvalue weighted by atomic mass is 10.1. The van der Waals surface area contributed by atoms with E-state index in [0.717, 1.165) is 16.8 Å². The van der Waals surface area contributed by atoms with E-state index in [1.807, 2.05) is 44.2 Å². The molecule has 0 fully saturated rings. The van der Waals surface area contributed by atoms with Gasteiger partial charge in [0.1, 0.15) is 5.69 Å². The van der Waals surface area contributed by atoms with Crippen molar-refractivity contribution in [2.75, 3.05) is 5.73 Å². The first kappa shape index (κ1) is 12.5. The molecular weight excluding hydrogens is 244 g/mol. The molecule has 2 rings (SSSR count). The van der Waals surface area contributed by atoms with Crippen LogP contribution < -0.4 is 5.73 Å². The van der Waals surface area contributed by atoms with E-state index in [1.54, 1.807) is 0 Å². The second kappa shape index (κ2) is 5.12. The van der Waals surface area contributed by atoms with Crippen LogP contribution >= 0.6 is 11.6 Å². The monoisotopic (exact) mass is 256 g/mol. The first-order chi connectivity index (χ1) is 8.56. The molecule has 90 valence electrons. The van der Waals surface area contributed by atoms with Gasteiger partial charge in [0.2, 0.25) is 0 Å². The Hall–Kier alpha value is -1.98. The SMILES string of the molecule is Cc1cc(C)c(N)c(C#Cc2cccc(Cl)c2)n1. The van der Waals surface area contributed by atoms with E-state index in [9.17, 15) is 0 Å². The van der Waals surface area contributed by atoms with Crippen molar-refractivity contribution < 1.29 is 0 Å². The minimum Gasteiger partial charge on any atom is -0.396 e. The number of benzene rings is 1. The quantitative estimate of drug-likeness (QED) is 0.735. The highest BCUT2D eigenvalue weighted by Gasteiger charge is 2.02. The summed E-state index contributed by atoms with van der Waals surface area (Å²) in [7, 11) is 0. The standard InChI is InChI=1S/C15H13ClN2/c1-10-8-11(2)18-14(15(10)17)7-6-12-4-3-5-13(16)9-12/h3-5,8-9H,17H2,1-2H3. The number of halogens is 1. The normalized spacial score (nSPS) is 9.72. The van der Waals surface area contributed by atoms with Crippen LogP contribution in [-0.2, 0) is 0 Å². The number of aromatic nitrogens is 1. The Labute approximate surface area is 112 Å². The van der Waals surface area contributed by atoms with Crippen LogP contribution in [0.5, 0.6) is 0 Å². The van der Waals surface area contributed by atoms with Gasteiger partial charge in [-0.15, -0.1) is 0 Å². The second-order valence-electron chi connectivity index (χ2n) is 4.10. The Bertz CT molecular complexity index is 651. The second-order valence-corrected chi connectivity index (χ2v) is 4.54. The largest absolute Gasteiger partial charge is 0.396 e. The molecule has 2 N–H and O–H groups in total. The van der Waals surface area contributed by atoms with E-state index >= 15 is 0 Å². The fourth-order valence-electron chi connectivity index (χ4n) is 1.64. The zero-order valence-corrected chi connectivity index (χ0v) is 11.0. The van der Waals surface area contributed by atoms with Crippen LogP contribution in [0.25, 0.3) is 0 Å². The molecule has 0 amide bonds. The first-order valence-electron chi connectivity index (χ1n) is 5.57. The van der Waals surface area contributed by atoms with Crippen LogP contribution in [0.2, 0.25) is 5.02 Å². The third-order valence-corrected chi connectivity index (χ3v) is 2.78. The van der Waals surface area contributed by atoms with E-state index in [0.29, 0.717) is 16.4 Å². The summed E-state index contributed by atoms with van der Waals surface area (Å²) in [4.78, 5) is 4.34. The summed E-state index contributed by atoms with van der Waals surface area (Å²) >= 11 is 5.90. The highest BCUT2D eigenvalue weighted by atomic mass is 35.5. The van der Waals surface area contributed by atoms with Gasteiger partial charge in [-0.2, -0.15) is 0 Å². The number of hydrogen-bond donors (Lipinski definition) is 1. The fourth-order valence-corrected chi connectivity index (χ4v) is 1.83. The predicted molar refractivity (Wildman–Crippen MR) is 75.6 cm³/mol. The van der Waals surface area contributed by atoms with Crippen molar-refractivity contribution >= 4 is 17.3 Å². The lowest BCUT2D eigenvalue weighted by Gasteiger charge is -2.03. The van der Waals surface area contributed by atoms with Crippen molar-refractivity contribution in [1.29, 1.82) is 0 Å². The maximum Gasteiger partial charge on any atom is 0.136 e. The van der Waals surface area contributed by atoms with E-state index < -0.39 is 0 Å². The van der Waals surface area contributed by atoms with Crippen LogP contribution in [0.1, 0.15) is 22.5 Å². The Morgan fingerprint density at radius 1 is 1.17 bits per heavy atom. The third-order valence-electron chi connectivity index (χ3n) is 2.54. The number of aryl methyl sites for hydroxylation is 2. The summed E-state index contributed by atoms with van der Waals surface area (Å²) in [6.45, 7) is 3.88. The summed E-state index contributed by atoms with van der Waals surface area (Å²) in [5.41, 5.74) is 9.97. The predicted octanol–water partition coefficient (Wildman–Crippen LogP) is 3.33. The average molecular weight is 257 g/mol. The lowest BCUT2D eigenvalue weighted by molar-refractivity contribution is 1.16. The van der Waals surface area contributed by atoms with Gasteiger partial charge in [0.05, 0.1) is 5.69 Å². The van der Waals surface area contributed by atoms with Crippen molar-refractivity contribution in [2.45, 2.75) is 13.8 Å². The van der Waals surface area contributed by atoms with Crippen LogP contribution in [0, 0.1) is 25.7 Å². The molecule has 0 unspecified atom stereocenters. The van der Waals surface area contributed by atoms with Crippen LogP contribution in [0.3, 0.4) is 0 Å². The van der Waals surface area contributed by atoms with Gasteiger partial charge in [-0.1, -0.05) is 23.6 Å². The van der Waals surface area contributed by atoms with Crippen LogP contribution in [0.15, 0.2) is 30.3 Å². The Morgan fingerprint density at radius 3 is 2.67 bits per heavy atom. The number of nitrogens with two attached hydrogens (primary N) is 1. The number of pyridine rings is 1. The van der Waals surface area contributed by atoms with Gasteiger partial charge in [-0.3, -0.25) is 0 Å². The van der Waals surface area contributed by atoms with Gasteiger partial charge >= 0.3 is 0 Å². The summed E-state index contributed by atoms with van der Waals surface area (Å²) in [5, 5.41) is 0.670. The van der Waals surface area contributed by atoms with Gasteiger partial charge in [0.15, 0.2) is 0 Å². The molecule has 0 spiro atoms. The molecule has 0 aliphatic heterocycles. The number of hydrogen-bond acceptors (Lipinski definition) is 2. The van der Waals surface area contributed by atoms with Gasteiger partial charge in [0.25, 0.3) is 0 Å². The van der Waals surface area contributed by atoms with E-state index in [4.69, 9.17) is 17.3 Å². The highest BCUT2D eigenvalue weighted by Crippen LogP contribution is 2.15. The Kier molecular flexibility index (Phi) is 3.55. The maximum absolute atomic E-state index is 5.95. The van der Waals surface area contributed by atoms with Crippen LogP contribution in [-0.4, -0.2) is 4.98 Å². The smallest absolute Gasteiger partial charge is 0.136 e. The molecule has 0 bridgehead atoms. The van der Waals surface area contributed by atoms with Crippen molar-refractivity contribution in [3.63, 3.8) is 0 Å². The topological polar surface area (TPSA) is 38.9 Å². The molecule has 0 saturated heterocycles. The molecule has 2 nitrogen and oxygen atoms in total. The molecule has 2 aromatic rings. The molecule has 3 heteroatoms. The van der Waals surface area contributed by atoms with Crippen molar-refractivity contribution in [3.8, 4) is 11.8 Å². The Balaban J connectivity index is 2.41. The molecular formula is C15H13ClN2. The summed E-state index contributed by atoms with van der Waals surface area (Å²) in [6.07, 6.45) is 0. The van der Waals surface area contributed by atoms with E-state index in [-0.39, 0.29) is 0 Å². The molecule has 18 heavy (non-hydrogen) atoms. The van der Waals surface area contributed by atoms with Gasteiger partial charge in [0, 0.05) is 16.3 Å². The van der Waals surface area contributed by atoms with E-state index in [1.165, 1.54) is 0 Å². The molecule has 1 heterocycles. The molecule has 0 aliphatic carbocycles. The van der Waals surface area contributed by atoms with Gasteiger partial charge < -0.3 is 5.73 Å². The third kappa shape index (κ3) is 2.82. The lowest BCUT2D eigenvalue weighted by Crippen LogP contribution is -1.99. The maximum atomic E-state index is 5.95. The number of anilines is 1. The summed E-state index contributed by atoms with van der Waals surface area (Å²) in [5.74, 6) is 6.01. The van der Waals surface area contributed by atoms with Crippen LogP contribution in [0.4, 0.5) is 5.69 Å². The van der Waals surface area contributed by atoms with E-state index in [2.05, 4.69) is 16.8 Å². The minimum atomic E-state index is 0.618. The molecule has 1 aromatic carbocycles. The van der Waals surface area contributed by atoms with Gasteiger partial charge in [-0.05, 0) is 49.6 Å². The molecule has 1 aromatic heterocycles. The molecule has 0 atom stereocenters. The molecule has 0 radical (unpaired) electrons. The fraction of sp³-hybridized carbons (Fsp3) is 0.133. The summed E-state index contributed by atoms with van der Waals surface area (Å²) in [6, 6.07) is 9.34. The van der Waals surface area contributed by atoms with Crippen molar-refractivity contribution in [3.05, 3.63) is 57.9 Å². The highest BCUT2D eigenvalue weighted by molar-refractivity contribution is 6.30. The zero-order valence-electron chi connectivity index (χ0n) is 10.3. The molecule has 0 aliphatic rings. The zero-order chi connectivity index (χ0) is 13.1.